The van der Waals surface area contributed by atoms with E-state index in [1.807, 2.05) is 24.3 Å². The lowest BCUT2D eigenvalue weighted by Gasteiger charge is -1.97. The van der Waals surface area contributed by atoms with E-state index >= 15 is 0 Å². The molecule has 1 aromatic carbocycles. The summed E-state index contributed by atoms with van der Waals surface area (Å²) in [7, 11) is 0. The van der Waals surface area contributed by atoms with Gasteiger partial charge in [-0.25, -0.2) is 9.97 Å². The van der Waals surface area contributed by atoms with Gasteiger partial charge in [-0.2, -0.15) is 0 Å². The van der Waals surface area contributed by atoms with E-state index in [-0.39, 0.29) is 0 Å². The zero-order valence-corrected chi connectivity index (χ0v) is 10.5. The van der Waals surface area contributed by atoms with E-state index < -0.39 is 0 Å². The number of rotatable bonds is 2. The Morgan fingerprint density at radius 2 is 2.06 bits per heavy atom. The van der Waals surface area contributed by atoms with Crippen LogP contribution in [0.1, 0.15) is 0 Å². The van der Waals surface area contributed by atoms with Crippen molar-refractivity contribution in [3.05, 3.63) is 42.6 Å². The fourth-order valence-corrected chi connectivity index (χ4v) is 3.49. The molecule has 0 saturated carbocycles. The molecule has 3 rings (SSSR count). The molecule has 3 nitrogen and oxygen atoms in total. The van der Waals surface area contributed by atoms with Gasteiger partial charge in [-0.05, 0) is 36.0 Å². The number of benzene rings is 1. The molecule has 0 atom stereocenters. The lowest BCUT2D eigenvalue weighted by atomic mass is 10.3. The Morgan fingerprint density at radius 3 is 2.88 bits per heavy atom. The number of para-hydroxylation sites is 1. The first-order chi connectivity index (χ1) is 8.31. The second-order valence-corrected chi connectivity index (χ2v) is 5.78. The lowest BCUT2D eigenvalue weighted by Crippen LogP contribution is -1.86. The molecule has 0 fully saturated rings. The van der Waals surface area contributed by atoms with Gasteiger partial charge in [0.1, 0.15) is 5.03 Å². The number of hydrogen-bond donors (Lipinski definition) is 1. The van der Waals surface area contributed by atoms with E-state index in [1.165, 1.54) is 4.70 Å². The smallest absolute Gasteiger partial charge is 0.157 e. The van der Waals surface area contributed by atoms with Gasteiger partial charge >= 0.3 is 0 Å². The van der Waals surface area contributed by atoms with Gasteiger partial charge in [-0.1, -0.05) is 12.1 Å². The molecule has 2 aromatic heterocycles. The number of nitrogens with zero attached hydrogens (tertiary/aromatic N) is 2. The summed E-state index contributed by atoms with van der Waals surface area (Å²) in [4.78, 5) is 8.79. The first-order valence-corrected chi connectivity index (χ1v) is 6.69. The summed E-state index contributed by atoms with van der Waals surface area (Å²) in [5, 5.41) is 0.879. The molecule has 0 spiro atoms. The number of pyridine rings is 1. The monoisotopic (exact) mass is 259 g/mol. The third-order valence-corrected chi connectivity index (χ3v) is 4.25. The molecule has 0 aliphatic heterocycles. The average Bonchev–Trinajstić information content (AvgIpc) is 2.71. The lowest BCUT2D eigenvalue weighted by molar-refractivity contribution is 1.13. The van der Waals surface area contributed by atoms with Gasteiger partial charge in [0.15, 0.2) is 4.34 Å². The summed E-state index contributed by atoms with van der Waals surface area (Å²) >= 11 is 3.21. The van der Waals surface area contributed by atoms with Crippen molar-refractivity contribution in [1.29, 1.82) is 0 Å². The number of nitrogens with two attached hydrogens (primary N) is 1. The average molecular weight is 259 g/mol. The SMILES string of the molecule is Nc1ccnc(Sc2nc3ccccc3s2)c1. The fourth-order valence-electron chi connectivity index (χ4n) is 1.46. The molecule has 0 unspecified atom stereocenters. The van der Waals surface area contributed by atoms with Crippen LogP contribution >= 0.6 is 23.1 Å². The van der Waals surface area contributed by atoms with Crippen molar-refractivity contribution >= 4 is 39.0 Å². The van der Waals surface area contributed by atoms with Crippen LogP contribution < -0.4 is 5.73 Å². The molecular formula is C12H9N3S2. The minimum Gasteiger partial charge on any atom is -0.399 e. The number of nitrogen functional groups attached to an aromatic ring is 1. The van der Waals surface area contributed by atoms with Crippen molar-refractivity contribution in [2.45, 2.75) is 9.37 Å². The molecular weight excluding hydrogens is 250 g/mol. The highest BCUT2D eigenvalue weighted by Gasteiger charge is 2.05. The molecule has 0 bridgehead atoms. The van der Waals surface area contributed by atoms with Crippen LogP contribution in [0.5, 0.6) is 0 Å². The predicted molar refractivity (Wildman–Crippen MR) is 72.4 cm³/mol. The van der Waals surface area contributed by atoms with Crippen LogP contribution in [0.4, 0.5) is 5.69 Å². The van der Waals surface area contributed by atoms with E-state index in [9.17, 15) is 0 Å². The van der Waals surface area contributed by atoms with Gasteiger partial charge < -0.3 is 5.73 Å². The molecule has 17 heavy (non-hydrogen) atoms. The van der Waals surface area contributed by atoms with Crippen molar-refractivity contribution in [1.82, 2.24) is 9.97 Å². The van der Waals surface area contributed by atoms with Crippen LogP contribution in [0.15, 0.2) is 52.0 Å². The van der Waals surface area contributed by atoms with Gasteiger partial charge in [0, 0.05) is 11.9 Å². The van der Waals surface area contributed by atoms with E-state index in [1.54, 1.807) is 35.4 Å². The Kier molecular flexibility index (Phi) is 2.70. The van der Waals surface area contributed by atoms with E-state index in [2.05, 4.69) is 16.0 Å². The van der Waals surface area contributed by atoms with Crippen LogP contribution in [0.3, 0.4) is 0 Å². The normalized spacial score (nSPS) is 10.8. The highest BCUT2D eigenvalue weighted by molar-refractivity contribution is 8.01. The van der Waals surface area contributed by atoms with Crippen molar-refractivity contribution < 1.29 is 0 Å². The van der Waals surface area contributed by atoms with Crippen molar-refractivity contribution in [3.8, 4) is 0 Å². The first kappa shape index (κ1) is 10.6. The van der Waals surface area contributed by atoms with E-state index in [4.69, 9.17) is 5.73 Å². The maximum atomic E-state index is 5.72. The Morgan fingerprint density at radius 1 is 1.18 bits per heavy atom. The van der Waals surface area contributed by atoms with Gasteiger partial charge in [-0.3, -0.25) is 0 Å². The molecule has 0 radical (unpaired) electrons. The predicted octanol–water partition coefficient (Wildman–Crippen LogP) is 3.42. The molecule has 0 saturated heterocycles. The van der Waals surface area contributed by atoms with Gasteiger partial charge in [0.25, 0.3) is 0 Å². The molecule has 2 heterocycles. The Labute approximate surface area is 107 Å². The summed E-state index contributed by atoms with van der Waals surface area (Å²) < 4.78 is 2.18. The Bertz CT molecular complexity index is 630. The molecule has 3 aromatic rings. The first-order valence-electron chi connectivity index (χ1n) is 5.06. The fraction of sp³-hybridized carbons (Fsp3) is 0. The summed E-state index contributed by atoms with van der Waals surface area (Å²) in [6.45, 7) is 0. The number of aromatic nitrogens is 2. The van der Waals surface area contributed by atoms with Crippen LogP contribution in [0, 0.1) is 0 Å². The maximum absolute atomic E-state index is 5.72. The van der Waals surface area contributed by atoms with Crippen LogP contribution in [-0.2, 0) is 0 Å². The van der Waals surface area contributed by atoms with Crippen molar-refractivity contribution in [3.63, 3.8) is 0 Å². The standard InChI is InChI=1S/C12H9N3S2/c13-8-5-6-14-11(7-8)17-12-15-9-3-1-2-4-10(9)16-12/h1-7H,(H2,13,14). The van der Waals surface area contributed by atoms with Gasteiger partial charge in [0.05, 0.1) is 10.2 Å². The Hall–Kier alpha value is -1.59. The minimum absolute atomic E-state index is 0.726. The summed E-state index contributed by atoms with van der Waals surface area (Å²) in [5.41, 5.74) is 7.47. The van der Waals surface area contributed by atoms with Gasteiger partial charge in [0.2, 0.25) is 0 Å². The van der Waals surface area contributed by atoms with Crippen LogP contribution in [0.25, 0.3) is 10.2 Å². The van der Waals surface area contributed by atoms with Crippen molar-refractivity contribution in [2.75, 3.05) is 5.73 Å². The maximum Gasteiger partial charge on any atom is 0.157 e. The summed E-state index contributed by atoms with van der Waals surface area (Å²) in [5.74, 6) is 0. The Balaban J connectivity index is 1.94. The van der Waals surface area contributed by atoms with Gasteiger partial charge in [-0.15, -0.1) is 11.3 Å². The highest BCUT2D eigenvalue weighted by Crippen LogP contribution is 2.33. The summed E-state index contributed by atoms with van der Waals surface area (Å²) in [6, 6.07) is 11.7. The molecule has 0 aliphatic carbocycles. The second kappa shape index (κ2) is 4.35. The number of fused-ring (bicyclic) bond motifs is 1. The largest absolute Gasteiger partial charge is 0.399 e. The van der Waals surface area contributed by atoms with E-state index in [0.717, 1.165) is 20.6 Å². The van der Waals surface area contributed by atoms with Crippen molar-refractivity contribution in [2.24, 2.45) is 0 Å². The zero-order valence-electron chi connectivity index (χ0n) is 8.83. The molecule has 2 N–H and O–H groups in total. The number of hydrogen-bond acceptors (Lipinski definition) is 5. The quantitative estimate of drug-likeness (QED) is 0.766. The molecule has 84 valence electrons. The summed E-state index contributed by atoms with van der Waals surface area (Å²) in [6.07, 6.45) is 1.71. The van der Waals surface area contributed by atoms with Crippen LogP contribution in [-0.4, -0.2) is 9.97 Å². The minimum atomic E-state index is 0.726. The third kappa shape index (κ3) is 2.25. The van der Waals surface area contributed by atoms with E-state index in [0.29, 0.717) is 0 Å². The number of thiazole rings is 1. The number of anilines is 1. The molecule has 0 amide bonds. The topological polar surface area (TPSA) is 51.8 Å². The zero-order chi connectivity index (χ0) is 11.7. The van der Waals surface area contributed by atoms with Crippen LogP contribution in [0.2, 0.25) is 0 Å². The highest BCUT2D eigenvalue weighted by atomic mass is 32.2. The molecule has 5 heteroatoms. The molecule has 0 aliphatic rings. The third-order valence-electron chi connectivity index (χ3n) is 2.23. The second-order valence-electron chi connectivity index (χ2n) is 3.48.